The average molecular weight is 380 g/mol. The lowest BCUT2D eigenvalue weighted by molar-refractivity contribution is -0.133. The lowest BCUT2D eigenvalue weighted by Crippen LogP contribution is -2.39. The first-order valence-corrected chi connectivity index (χ1v) is 10.4. The third-order valence-electron chi connectivity index (χ3n) is 7.39. The van der Waals surface area contributed by atoms with Crippen molar-refractivity contribution in [2.75, 3.05) is 20.2 Å². The van der Waals surface area contributed by atoms with Gasteiger partial charge in [0.15, 0.2) is 0 Å². The number of rotatable bonds is 4. The number of carbonyl (C=O) groups excluding carboxylic acids is 1. The minimum absolute atomic E-state index is 0.173. The van der Waals surface area contributed by atoms with Crippen LogP contribution < -0.4 is 4.74 Å². The van der Waals surface area contributed by atoms with Gasteiger partial charge in [0.2, 0.25) is 5.91 Å². The first kappa shape index (κ1) is 17.7. The van der Waals surface area contributed by atoms with E-state index < -0.39 is 0 Å². The standard InChI is InChI=1S/C22H28N4O2/c1-25-15-23-24-19(25)18-13-26(14-21(18)9-3-4-10-21)20(27)22(11-12-22)16-5-7-17(28-2)8-6-16/h5-8,15,18H,3-4,9-14H2,1-2H3. The number of aromatic nitrogens is 3. The lowest BCUT2D eigenvalue weighted by atomic mass is 9.76. The van der Waals surface area contributed by atoms with Crippen LogP contribution in [0, 0.1) is 5.41 Å². The Labute approximate surface area is 165 Å². The third-order valence-corrected chi connectivity index (χ3v) is 7.39. The zero-order valence-electron chi connectivity index (χ0n) is 16.7. The molecular weight excluding hydrogens is 352 g/mol. The van der Waals surface area contributed by atoms with Crippen molar-refractivity contribution in [2.24, 2.45) is 12.5 Å². The van der Waals surface area contributed by atoms with E-state index in [1.807, 2.05) is 23.7 Å². The van der Waals surface area contributed by atoms with Crippen molar-refractivity contribution in [3.05, 3.63) is 42.0 Å². The second-order valence-corrected chi connectivity index (χ2v) is 8.92. The Hall–Kier alpha value is -2.37. The predicted octanol–water partition coefficient (Wildman–Crippen LogP) is 3.04. The van der Waals surface area contributed by atoms with Crippen molar-refractivity contribution in [3.8, 4) is 5.75 Å². The van der Waals surface area contributed by atoms with Crippen LogP contribution in [0.15, 0.2) is 30.6 Å². The van der Waals surface area contributed by atoms with E-state index in [9.17, 15) is 4.79 Å². The van der Waals surface area contributed by atoms with Gasteiger partial charge in [0.1, 0.15) is 17.9 Å². The minimum Gasteiger partial charge on any atom is -0.497 e. The van der Waals surface area contributed by atoms with Crippen molar-refractivity contribution >= 4 is 5.91 Å². The van der Waals surface area contributed by atoms with Crippen LogP contribution >= 0.6 is 0 Å². The first-order valence-electron chi connectivity index (χ1n) is 10.4. The number of hydrogen-bond acceptors (Lipinski definition) is 4. The molecule has 0 N–H and O–H groups in total. The Morgan fingerprint density at radius 3 is 2.43 bits per heavy atom. The summed E-state index contributed by atoms with van der Waals surface area (Å²) in [5.74, 6) is 2.46. The van der Waals surface area contributed by atoms with Crippen LogP contribution in [-0.4, -0.2) is 45.8 Å². The van der Waals surface area contributed by atoms with Crippen LogP contribution in [0.4, 0.5) is 0 Å². The Morgan fingerprint density at radius 2 is 1.86 bits per heavy atom. The van der Waals surface area contributed by atoms with E-state index >= 15 is 0 Å². The van der Waals surface area contributed by atoms with E-state index in [0.717, 1.165) is 43.1 Å². The van der Waals surface area contributed by atoms with Gasteiger partial charge in [-0.05, 0) is 48.8 Å². The van der Waals surface area contributed by atoms with Gasteiger partial charge in [-0.2, -0.15) is 0 Å². The van der Waals surface area contributed by atoms with E-state index in [1.54, 1.807) is 13.4 Å². The summed E-state index contributed by atoms with van der Waals surface area (Å²) < 4.78 is 7.32. The summed E-state index contributed by atoms with van der Waals surface area (Å²) in [5, 5.41) is 8.54. The quantitative estimate of drug-likeness (QED) is 0.818. The Balaban J connectivity index is 1.43. The van der Waals surface area contributed by atoms with Gasteiger partial charge in [-0.3, -0.25) is 4.79 Å². The number of ether oxygens (including phenoxy) is 1. The summed E-state index contributed by atoms with van der Waals surface area (Å²) >= 11 is 0. The van der Waals surface area contributed by atoms with Crippen LogP contribution in [0.25, 0.3) is 0 Å². The van der Waals surface area contributed by atoms with E-state index in [1.165, 1.54) is 25.7 Å². The average Bonchev–Trinajstić information content (AvgIpc) is 3.03. The van der Waals surface area contributed by atoms with Gasteiger partial charge in [-0.15, -0.1) is 10.2 Å². The second kappa shape index (κ2) is 6.33. The van der Waals surface area contributed by atoms with Crippen LogP contribution in [0.2, 0.25) is 0 Å². The molecule has 1 amide bonds. The molecule has 148 valence electrons. The molecule has 6 heteroatoms. The minimum atomic E-state index is -0.332. The summed E-state index contributed by atoms with van der Waals surface area (Å²) in [4.78, 5) is 15.8. The Kier molecular flexibility index (Phi) is 4.00. The molecule has 1 atom stereocenters. The van der Waals surface area contributed by atoms with Gasteiger partial charge >= 0.3 is 0 Å². The van der Waals surface area contributed by atoms with Crippen molar-refractivity contribution in [1.82, 2.24) is 19.7 Å². The summed E-state index contributed by atoms with van der Waals surface area (Å²) in [6, 6.07) is 8.05. The second-order valence-electron chi connectivity index (χ2n) is 8.92. The molecule has 5 rings (SSSR count). The highest BCUT2D eigenvalue weighted by Gasteiger charge is 2.58. The molecule has 2 saturated carbocycles. The number of aryl methyl sites for hydroxylation is 1. The van der Waals surface area contributed by atoms with Crippen molar-refractivity contribution in [3.63, 3.8) is 0 Å². The maximum atomic E-state index is 13.7. The number of methoxy groups -OCH3 is 1. The van der Waals surface area contributed by atoms with E-state index in [2.05, 4.69) is 27.2 Å². The van der Waals surface area contributed by atoms with Gasteiger partial charge in [0.25, 0.3) is 0 Å². The van der Waals surface area contributed by atoms with Crippen molar-refractivity contribution < 1.29 is 9.53 Å². The number of amides is 1. The van der Waals surface area contributed by atoms with Gasteiger partial charge in [-0.1, -0.05) is 25.0 Å². The molecule has 3 aliphatic rings. The fraction of sp³-hybridized carbons (Fsp3) is 0.591. The molecular formula is C22H28N4O2. The molecule has 1 unspecified atom stereocenters. The SMILES string of the molecule is COc1ccc(C2(C(=O)N3CC(c4nncn4C)C4(CCCC4)C3)CC2)cc1. The molecule has 2 aliphatic carbocycles. The van der Waals surface area contributed by atoms with Gasteiger partial charge in [0.05, 0.1) is 12.5 Å². The van der Waals surface area contributed by atoms with Crippen LogP contribution in [0.3, 0.4) is 0 Å². The number of likely N-dealkylation sites (tertiary alicyclic amines) is 1. The molecule has 1 spiro atoms. The number of carbonyl (C=O) groups is 1. The van der Waals surface area contributed by atoms with Gasteiger partial charge in [0, 0.05) is 26.1 Å². The van der Waals surface area contributed by atoms with Crippen LogP contribution in [0.1, 0.15) is 55.8 Å². The molecule has 1 aromatic carbocycles. The summed E-state index contributed by atoms with van der Waals surface area (Å²) in [7, 11) is 3.69. The highest BCUT2D eigenvalue weighted by Crippen LogP contribution is 2.56. The number of nitrogens with zero attached hydrogens (tertiary/aromatic N) is 4. The molecule has 2 heterocycles. The van der Waals surface area contributed by atoms with Gasteiger partial charge < -0.3 is 14.2 Å². The zero-order valence-corrected chi connectivity index (χ0v) is 16.7. The smallest absolute Gasteiger partial charge is 0.233 e. The summed E-state index contributed by atoms with van der Waals surface area (Å²) in [6.45, 7) is 1.63. The molecule has 6 nitrogen and oxygen atoms in total. The molecule has 0 radical (unpaired) electrons. The number of benzene rings is 1. The molecule has 1 aromatic heterocycles. The fourth-order valence-electron chi connectivity index (χ4n) is 5.64. The predicted molar refractivity (Wildman–Crippen MR) is 105 cm³/mol. The maximum absolute atomic E-state index is 13.7. The molecule has 3 fully saturated rings. The van der Waals surface area contributed by atoms with Gasteiger partial charge in [-0.25, -0.2) is 0 Å². The number of hydrogen-bond donors (Lipinski definition) is 0. The summed E-state index contributed by atoms with van der Waals surface area (Å²) in [5.41, 5.74) is 0.966. The molecule has 1 saturated heterocycles. The largest absolute Gasteiger partial charge is 0.497 e. The van der Waals surface area contributed by atoms with Crippen LogP contribution in [0.5, 0.6) is 5.75 Å². The Bertz CT molecular complexity index is 878. The van der Waals surface area contributed by atoms with E-state index in [4.69, 9.17) is 4.74 Å². The topological polar surface area (TPSA) is 60.2 Å². The van der Waals surface area contributed by atoms with Crippen molar-refractivity contribution in [2.45, 2.75) is 49.9 Å². The monoisotopic (exact) mass is 380 g/mol. The highest BCUT2D eigenvalue weighted by atomic mass is 16.5. The van der Waals surface area contributed by atoms with Crippen LogP contribution in [-0.2, 0) is 17.3 Å². The third kappa shape index (κ3) is 2.57. The van der Waals surface area contributed by atoms with Crippen molar-refractivity contribution in [1.29, 1.82) is 0 Å². The maximum Gasteiger partial charge on any atom is 0.233 e. The zero-order chi connectivity index (χ0) is 19.4. The molecule has 28 heavy (non-hydrogen) atoms. The molecule has 0 bridgehead atoms. The van der Waals surface area contributed by atoms with E-state index in [-0.39, 0.29) is 16.7 Å². The normalized spacial score (nSPS) is 24.6. The summed E-state index contributed by atoms with van der Waals surface area (Å²) in [6.07, 6.45) is 8.53. The molecule has 2 aromatic rings. The first-order chi connectivity index (χ1) is 13.6. The lowest BCUT2D eigenvalue weighted by Gasteiger charge is -2.29. The fourth-order valence-corrected chi connectivity index (χ4v) is 5.64. The Morgan fingerprint density at radius 1 is 1.14 bits per heavy atom. The molecule has 1 aliphatic heterocycles. The highest BCUT2D eigenvalue weighted by molar-refractivity contribution is 5.91. The van der Waals surface area contributed by atoms with E-state index in [0.29, 0.717) is 5.91 Å².